The van der Waals surface area contributed by atoms with Crippen LogP contribution in [-0.2, 0) is 13.0 Å². The van der Waals surface area contributed by atoms with Crippen molar-refractivity contribution in [2.24, 2.45) is 10.9 Å². The van der Waals surface area contributed by atoms with Crippen LogP contribution in [0.2, 0.25) is 0 Å². The van der Waals surface area contributed by atoms with Crippen LogP contribution in [0.3, 0.4) is 0 Å². The number of aryl methyl sites for hydroxylation is 3. The highest BCUT2D eigenvalue weighted by molar-refractivity contribution is 14.0. The molecule has 1 aliphatic rings. The van der Waals surface area contributed by atoms with Gasteiger partial charge >= 0.3 is 0 Å². The first-order chi connectivity index (χ1) is 14.9. The third-order valence-corrected chi connectivity index (χ3v) is 5.98. The van der Waals surface area contributed by atoms with Gasteiger partial charge in [-0.1, -0.05) is 6.07 Å². The molecule has 1 fully saturated rings. The predicted molar refractivity (Wildman–Crippen MR) is 138 cm³/mol. The van der Waals surface area contributed by atoms with Crippen molar-refractivity contribution in [3.8, 4) is 0 Å². The molecule has 0 saturated carbocycles. The Labute approximate surface area is 208 Å². The lowest BCUT2D eigenvalue weighted by molar-refractivity contribution is 0.166. The standard InChI is InChI=1S/C24H36FN5O.HI/c1-5-26-24(27-11-8-21-6-7-22(25)14-17(21)2)28-15-20-9-12-30(13-10-20)16-23-29-18(3)19(4)31-23;/h6-7,14,20H,5,8-13,15-16H2,1-4H3,(H2,26,27,28);1H. The Hall–Kier alpha value is -1.68. The summed E-state index contributed by atoms with van der Waals surface area (Å²) >= 11 is 0. The Kier molecular flexibility index (Phi) is 10.9. The highest BCUT2D eigenvalue weighted by Gasteiger charge is 2.21. The zero-order valence-electron chi connectivity index (χ0n) is 19.7. The van der Waals surface area contributed by atoms with E-state index in [2.05, 4.69) is 27.4 Å². The fourth-order valence-corrected chi connectivity index (χ4v) is 3.94. The lowest BCUT2D eigenvalue weighted by Gasteiger charge is -2.30. The van der Waals surface area contributed by atoms with Crippen LogP contribution in [-0.4, -0.2) is 48.6 Å². The molecule has 2 aromatic rings. The van der Waals surface area contributed by atoms with E-state index in [1.807, 2.05) is 26.8 Å². The first-order valence-corrected chi connectivity index (χ1v) is 11.4. The number of rotatable bonds is 8. The molecule has 0 aliphatic carbocycles. The van der Waals surface area contributed by atoms with E-state index in [4.69, 9.17) is 9.41 Å². The SMILES string of the molecule is CCNC(=NCC1CCN(Cc2nc(C)c(C)o2)CC1)NCCc1ccc(F)cc1C.I. The fourth-order valence-electron chi connectivity index (χ4n) is 3.94. The molecule has 0 atom stereocenters. The smallest absolute Gasteiger partial charge is 0.208 e. The number of hydrogen-bond donors (Lipinski definition) is 2. The van der Waals surface area contributed by atoms with Gasteiger partial charge in [0.05, 0.1) is 12.2 Å². The monoisotopic (exact) mass is 557 g/mol. The molecular weight excluding hydrogens is 520 g/mol. The molecule has 1 aromatic heterocycles. The van der Waals surface area contributed by atoms with E-state index in [-0.39, 0.29) is 29.8 Å². The molecule has 1 aliphatic heterocycles. The molecule has 1 saturated heterocycles. The molecule has 0 unspecified atom stereocenters. The number of oxazole rings is 1. The molecule has 0 radical (unpaired) electrons. The highest BCUT2D eigenvalue weighted by Crippen LogP contribution is 2.20. The summed E-state index contributed by atoms with van der Waals surface area (Å²) in [6.45, 7) is 13.3. The summed E-state index contributed by atoms with van der Waals surface area (Å²) in [5, 5.41) is 6.74. The number of likely N-dealkylation sites (tertiary alicyclic amines) is 1. The Morgan fingerprint density at radius 3 is 2.59 bits per heavy atom. The Bertz CT molecular complexity index is 858. The second kappa shape index (κ2) is 13.1. The zero-order valence-corrected chi connectivity index (χ0v) is 22.0. The van der Waals surface area contributed by atoms with Crippen molar-refractivity contribution in [2.45, 2.75) is 53.5 Å². The van der Waals surface area contributed by atoms with Crippen molar-refractivity contribution in [2.75, 3.05) is 32.7 Å². The minimum Gasteiger partial charge on any atom is -0.444 e. The molecule has 0 amide bonds. The van der Waals surface area contributed by atoms with Crippen LogP contribution in [0, 0.1) is 32.5 Å². The molecule has 0 spiro atoms. The van der Waals surface area contributed by atoms with E-state index in [1.165, 1.54) is 6.07 Å². The van der Waals surface area contributed by atoms with Crippen LogP contribution in [0.5, 0.6) is 0 Å². The number of benzene rings is 1. The van der Waals surface area contributed by atoms with E-state index in [1.54, 1.807) is 6.07 Å². The number of nitrogens with zero attached hydrogens (tertiary/aromatic N) is 3. The maximum absolute atomic E-state index is 13.3. The lowest BCUT2D eigenvalue weighted by Crippen LogP contribution is -2.39. The van der Waals surface area contributed by atoms with Crippen molar-refractivity contribution in [3.63, 3.8) is 0 Å². The zero-order chi connectivity index (χ0) is 22.2. The summed E-state index contributed by atoms with van der Waals surface area (Å²) in [6, 6.07) is 4.98. The number of aromatic nitrogens is 1. The quantitative estimate of drug-likeness (QED) is 0.287. The maximum Gasteiger partial charge on any atom is 0.208 e. The highest BCUT2D eigenvalue weighted by atomic mass is 127. The summed E-state index contributed by atoms with van der Waals surface area (Å²) in [7, 11) is 0. The summed E-state index contributed by atoms with van der Waals surface area (Å²) in [6.07, 6.45) is 3.11. The number of nitrogens with one attached hydrogen (secondary N) is 2. The van der Waals surface area contributed by atoms with Crippen molar-refractivity contribution in [1.82, 2.24) is 20.5 Å². The van der Waals surface area contributed by atoms with Gasteiger partial charge in [-0.2, -0.15) is 0 Å². The van der Waals surface area contributed by atoms with Gasteiger partial charge in [0.2, 0.25) is 5.89 Å². The number of guanidine groups is 1. The second-order valence-electron chi connectivity index (χ2n) is 8.44. The normalized spacial score (nSPS) is 15.5. The molecular formula is C24H37FIN5O. The van der Waals surface area contributed by atoms with E-state index in [0.717, 1.165) is 93.0 Å². The predicted octanol–water partition coefficient (Wildman–Crippen LogP) is 4.37. The van der Waals surface area contributed by atoms with Crippen molar-refractivity contribution >= 4 is 29.9 Å². The first kappa shape index (κ1) is 26.6. The van der Waals surface area contributed by atoms with Crippen molar-refractivity contribution in [1.29, 1.82) is 0 Å². The van der Waals surface area contributed by atoms with Gasteiger partial charge in [-0.25, -0.2) is 9.37 Å². The van der Waals surface area contributed by atoms with Gasteiger partial charge in [0, 0.05) is 19.6 Å². The average Bonchev–Trinajstić information content (AvgIpc) is 3.05. The van der Waals surface area contributed by atoms with Gasteiger partial charge in [-0.3, -0.25) is 9.89 Å². The van der Waals surface area contributed by atoms with E-state index >= 15 is 0 Å². The van der Waals surface area contributed by atoms with E-state index in [9.17, 15) is 4.39 Å². The average molecular weight is 557 g/mol. The van der Waals surface area contributed by atoms with Crippen LogP contribution in [0.25, 0.3) is 0 Å². The van der Waals surface area contributed by atoms with Gasteiger partial charge in [0.1, 0.15) is 11.6 Å². The lowest BCUT2D eigenvalue weighted by atomic mass is 9.97. The summed E-state index contributed by atoms with van der Waals surface area (Å²) in [5.41, 5.74) is 3.14. The molecule has 1 aromatic carbocycles. The second-order valence-corrected chi connectivity index (χ2v) is 8.44. The molecule has 0 bridgehead atoms. The Morgan fingerprint density at radius 1 is 1.22 bits per heavy atom. The van der Waals surface area contributed by atoms with Gasteiger partial charge in [0.15, 0.2) is 5.96 Å². The third kappa shape index (κ3) is 8.03. The summed E-state index contributed by atoms with van der Waals surface area (Å²) in [4.78, 5) is 11.7. The maximum atomic E-state index is 13.3. The third-order valence-electron chi connectivity index (χ3n) is 5.98. The topological polar surface area (TPSA) is 65.7 Å². The van der Waals surface area contributed by atoms with Gasteiger partial charge < -0.3 is 15.1 Å². The minimum atomic E-state index is -0.180. The van der Waals surface area contributed by atoms with Gasteiger partial charge in [-0.15, -0.1) is 24.0 Å². The van der Waals surface area contributed by atoms with Gasteiger partial charge in [-0.05, 0) is 89.2 Å². The van der Waals surface area contributed by atoms with Gasteiger partial charge in [0.25, 0.3) is 0 Å². The number of hydrogen-bond acceptors (Lipinski definition) is 4. The molecule has 3 rings (SSSR count). The van der Waals surface area contributed by atoms with Crippen LogP contribution in [0.1, 0.15) is 48.2 Å². The van der Waals surface area contributed by atoms with E-state index < -0.39 is 0 Å². The van der Waals surface area contributed by atoms with Crippen LogP contribution in [0.15, 0.2) is 27.6 Å². The molecule has 2 heterocycles. The molecule has 178 valence electrons. The van der Waals surface area contributed by atoms with Crippen molar-refractivity contribution in [3.05, 3.63) is 52.5 Å². The summed E-state index contributed by atoms with van der Waals surface area (Å²) in [5.74, 6) is 3.01. The molecule has 32 heavy (non-hydrogen) atoms. The van der Waals surface area contributed by atoms with Crippen molar-refractivity contribution < 1.29 is 8.81 Å². The number of aliphatic imine (C=N–C) groups is 1. The summed E-state index contributed by atoms with van der Waals surface area (Å²) < 4.78 is 19.0. The van der Waals surface area contributed by atoms with E-state index in [0.29, 0.717) is 5.92 Å². The molecule has 2 N–H and O–H groups in total. The number of piperidine rings is 1. The molecule has 8 heteroatoms. The minimum absolute atomic E-state index is 0. The Balaban J connectivity index is 0.00000363. The Morgan fingerprint density at radius 2 is 1.97 bits per heavy atom. The van der Waals surface area contributed by atoms with Crippen LogP contribution < -0.4 is 10.6 Å². The number of halogens is 2. The largest absolute Gasteiger partial charge is 0.444 e. The van der Waals surface area contributed by atoms with Crippen LogP contribution in [0.4, 0.5) is 4.39 Å². The van der Waals surface area contributed by atoms with Crippen LogP contribution >= 0.6 is 24.0 Å². The molecule has 6 nitrogen and oxygen atoms in total. The fraction of sp³-hybridized carbons (Fsp3) is 0.583. The first-order valence-electron chi connectivity index (χ1n) is 11.4.